The van der Waals surface area contributed by atoms with Crippen LogP contribution in [-0.2, 0) is 4.79 Å². The third kappa shape index (κ3) is 2.22. The molecule has 0 saturated heterocycles. The minimum atomic E-state index is -0.441. The minimum Gasteiger partial charge on any atom is -0.459 e. The van der Waals surface area contributed by atoms with Gasteiger partial charge in [-0.25, -0.2) is 0 Å². The fourth-order valence-electron chi connectivity index (χ4n) is 5.13. The number of hydrogen-bond donors (Lipinski definition) is 2. The first kappa shape index (κ1) is 14.1. The second-order valence-electron chi connectivity index (χ2n) is 7.28. The number of amides is 2. The molecule has 5 nitrogen and oxygen atoms in total. The first-order chi connectivity index (χ1) is 10.5. The minimum absolute atomic E-state index is 0.105. The monoisotopic (exact) mass is 322 g/mol. The lowest BCUT2D eigenvalue weighted by molar-refractivity contribution is -0.145. The van der Waals surface area contributed by atoms with E-state index < -0.39 is 11.3 Å². The Balaban J connectivity index is 1.45. The Bertz CT molecular complexity index is 599. The van der Waals surface area contributed by atoms with Crippen molar-refractivity contribution in [3.63, 3.8) is 0 Å². The standard InChI is InChI=1S/C16H19ClN2O3/c17-16-7-10-4-11(8-16)6-15(5-10,9-16)14(21)19-18-13(20)12-2-1-3-22-12/h1-3,10-11H,4-9H2,(H,18,20)(H,19,21). The zero-order valence-electron chi connectivity index (χ0n) is 12.2. The molecule has 1 heterocycles. The molecule has 0 aliphatic heterocycles. The molecule has 2 amide bonds. The van der Waals surface area contributed by atoms with Crippen LogP contribution in [-0.4, -0.2) is 16.7 Å². The largest absolute Gasteiger partial charge is 0.459 e. The highest BCUT2D eigenvalue weighted by molar-refractivity contribution is 6.24. The number of carbonyl (C=O) groups is 2. The lowest BCUT2D eigenvalue weighted by atomic mass is 9.49. The van der Waals surface area contributed by atoms with Crippen molar-refractivity contribution in [2.45, 2.75) is 43.4 Å². The van der Waals surface area contributed by atoms with Gasteiger partial charge < -0.3 is 4.42 Å². The van der Waals surface area contributed by atoms with E-state index in [2.05, 4.69) is 10.9 Å². The molecular weight excluding hydrogens is 304 g/mol. The highest BCUT2D eigenvalue weighted by atomic mass is 35.5. The summed E-state index contributed by atoms with van der Waals surface area (Å²) in [7, 11) is 0. The number of nitrogens with one attached hydrogen (secondary N) is 2. The average Bonchev–Trinajstić information content (AvgIpc) is 2.95. The van der Waals surface area contributed by atoms with Crippen LogP contribution in [0.15, 0.2) is 22.8 Å². The molecule has 4 aliphatic carbocycles. The second kappa shape index (κ2) is 4.75. The third-order valence-corrected chi connectivity index (χ3v) is 5.95. The topological polar surface area (TPSA) is 71.3 Å². The maximum absolute atomic E-state index is 12.7. The molecule has 0 radical (unpaired) electrons. The molecule has 4 aliphatic rings. The van der Waals surface area contributed by atoms with E-state index in [0.717, 1.165) is 32.1 Å². The summed E-state index contributed by atoms with van der Waals surface area (Å²) in [6.45, 7) is 0. The Labute approximate surface area is 133 Å². The third-order valence-electron chi connectivity index (χ3n) is 5.51. The van der Waals surface area contributed by atoms with Gasteiger partial charge in [0, 0.05) is 4.87 Å². The van der Waals surface area contributed by atoms with Crippen molar-refractivity contribution < 1.29 is 14.0 Å². The van der Waals surface area contributed by atoms with Crippen LogP contribution in [0, 0.1) is 17.3 Å². The fraction of sp³-hybridized carbons (Fsp3) is 0.625. The SMILES string of the molecule is O=C(NNC(=O)C12CC3CC(CC(Cl)(C3)C1)C2)c1ccco1. The molecule has 4 fully saturated rings. The number of halogens is 1. The van der Waals surface area contributed by atoms with Crippen LogP contribution in [0.2, 0.25) is 0 Å². The van der Waals surface area contributed by atoms with E-state index in [-0.39, 0.29) is 16.5 Å². The van der Waals surface area contributed by atoms with Crippen molar-refractivity contribution in [3.8, 4) is 0 Å². The van der Waals surface area contributed by atoms with Crippen molar-refractivity contribution in [1.82, 2.24) is 10.9 Å². The zero-order valence-corrected chi connectivity index (χ0v) is 13.0. The number of rotatable bonds is 2. The molecule has 0 spiro atoms. The smallest absolute Gasteiger partial charge is 0.305 e. The summed E-state index contributed by atoms with van der Waals surface area (Å²) in [5, 5.41) is 0. The zero-order chi connectivity index (χ0) is 15.4. The molecular formula is C16H19ClN2O3. The maximum atomic E-state index is 12.7. The summed E-state index contributed by atoms with van der Waals surface area (Å²) in [5.74, 6) is 0.727. The quantitative estimate of drug-likeness (QED) is 0.649. The molecule has 6 heteroatoms. The Hall–Kier alpha value is -1.49. The van der Waals surface area contributed by atoms with Gasteiger partial charge in [-0.3, -0.25) is 20.4 Å². The molecule has 2 N–H and O–H groups in total. The van der Waals surface area contributed by atoms with Crippen molar-refractivity contribution in [1.29, 1.82) is 0 Å². The van der Waals surface area contributed by atoms with E-state index >= 15 is 0 Å². The van der Waals surface area contributed by atoms with Crippen LogP contribution < -0.4 is 10.9 Å². The summed E-state index contributed by atoms with van der Waals surface area (Å²) in [6, 6.07) is 3.19. The summed E-state index contributed by atoms with van der Waals surface area (Å²) in [6.07, 6.45) is 7.17. The summed E-state index contributed by atoms with van der Waals surface area (Å²) >= 11 is 6.73. The van der Waals surface area contributed by atoms with Crippen LogP contribution in [0.4, 0.5) is 0 Å². The van der Waals surface area contributed by atoms with Crippen LogP contribution in [0.25, 0.3) is 0 Å². The Morgan fingerprint density at radius 2 is 1.91 bits per heavy atom. The number of alkyl halides is 1. The lowest BCUT2D eigenvalue weighted by Crippen LogP contribution is -2.60. The van der Waals surface area contributed by atoms with Gasteiger partial charge in [0.25, 0.3) is 0 Å². The van der Waals surface area contributed by atoms with Crippen LogP contribution >= 0.6 is 11.6 Å². The van der Waals surface area contributed by atoms with E-state index in [1.807, 2.05) is 0 Å². The average molecular weight is 323 g/mol. The van der Waals surface area contributed by atoms with E-state index in [1.165, 1.54) is 12.7 Å². The van der Waals surface area contributed by atoms with Crippen molar-refractivity contribution in [2.75, 3.05) is 0 Å². The lowest BCUT2D eigenvalue weighted by Gasteiger charge is -2.59. The van der Waals surface area contributed by atoms with E-state index in [9.17, 15) is 9.59 Å². The number of hydrazine groups is 1. The second-order valence-corrected chi connectivity index (χ2v) is 8.08. The first-order valence-electron chi connectivity index (χ1n) is 7.81. The molecule has 2 unspecified atom stereocenters. The first-order valence-corrected chi connectivity index (χ1v) is 8.19. The van der Waals surface area contributed by atoms with Gasteiger partial charge >= 0.3 is 5.91 Å². The van der Waals surface area contributed by atoms with Crippen molar-refractivity contribution in [2.24, 2.45) is 17.3 Å². The molecule has 1 aromatic heterocycles. The van der Waals surface area contributed by atoms with Gasteiger partial charge in [-0.05, 0) is 62.5 Å². The van der Waals surface area contributed by atoms with Crippen molar-refractivity contribution >= 4 is 23.4 Å². The highest BCUT2D eigenvalue weighted by Crippen LogP contribution is 2.63. The Morgan fingerprint density at radius 1 is 1.18 bits per heavy atom. The Morgan fingerprint density at radius 3 is 2.50 bits per heavy atom. The predicted molar refractivity (Wildman–Crippen MR) is 80.0 cm³/mol. The van der Waals surface area contributed by atoms with Crippen LogP contribution in [0.3, 0.4) is 0 Å². The molecule has 4 bridgehead atoms. The van der Waals surface area contributed by atoms with Crippen LogP contribution in [0.5, 0.6) is 0 Å². The molecule has 2 atom stereocenters. The number of hydrogen-bond acceptors (Lipinski definition) is 3. The molecule has 1 aromatic rings. The molecule has 22 heavy (non-hydrogen) atoms. The number of furan rings is 1. The molecule has 4 saturated carbocycles. The van der Waals surface area contributed by atoms with Crippen LogP contribution in [0.1, 0.15) is 49.1 Å². The molecule has 0 aromatic carbocycles. The van der Waals surface area contributed by atoms with Gasteiger partial charge in [0.15, 0.2) is 5.76 Å². The van der Waals surface area contributed by atoms with Gasteiger partial charge in [-0.2, -0.15) is 0 Å². The normalized spacial score (nSPS) is 38.8. The summed E-state index contributed by atoms with van der Waals surface area (Å²) in [5.41, 5.74) is 4.62. The van der Waals surface area contributed by atoms with Gasteiger partial charge in [-0.15, -0.1) is 11.6 Å². The van der Waals surface area contributed by atoms with Gasteiger partial charge in [0.05, 0.1) is 11.7 Å². The predicted octanol–water partition coefficient (Wildman–Crippen LogP) is 2.62. The highest BCUT2D eigenvalue weighted by Gasteiger charge is 2.60. The Kier molecular flexibility index (Phi) is 3.05. The summed E-state index contributed by atoms with van der Waals surface area (Å²) in [4.78, 5) is 24.3. The molecule has 118 valence electrons. The summed E-state index contributed by atoms with van der Waals surface area (Å²) < 4.78 is 5.01. The fourth-order valence-corrected chi connectivity index (χ4v) is 5.82. The maximum Gasteiger partial charge on any atom is 0.305 e. The van der Waals surface area contributed by atoms with Gasteiger partial charge in [0.1, 0.15) is 0 Å². The number of carbonyl (C=O) groups excluding carboxylic acids is 2. The van der Waals surface area contributed by atoms with Gasteiger partial charge in [0.2, 0.25) is 5.91 Å². The van der Waals surface area contributed by atoms with Gasteiger partial charge in [-0.1, -0.05) is 0 Å². The van der Waals surface area contributed by atoms with E-state index in [0.29, 0.717) is 11.8 Å². The van der Waals surface area contributed by atoms with E-state index in [1.54, 1.807) is 12.1 Å². The van der Waals surface area contributed by atoms with E-state index in [4.69, 9.17) is 16.0 Å². The molecule has 5 rings (SSSR count). The van der Waals surface area contributed by atoms with Crippen molar-refractivity contribution in [3.05, 3.63) is 24.2 Å².